The summed E-state index contributed by atoms with van der Waals surface area (Å²) in [5, 5.41) is 13.6. The molecule has 0 radical (unpaired) electrons. The number of carbonyl (C=O) groups excluding carboxylic acids is 2. The summed E-state index contributed by atoms with van der Waals surface area (Å²) in [7, 11) is -4.47. The van der Waals surface area contributed by atoms with Gasteiger partial charge >= 0.3 is 5.97 Å². The molecule has 0 fully saturated rings. The molecule has 190 valence electrons. The summed E-state index contributed by atoms with van der Waals surface area (Å²) in [5.41, 5.74) is -1.44. The number of rotatable bonds is 9. The summed E-state index contributed by atoms with van der Waals surface area (Å²) in [6.45, 7) is 6.06. The molecule has 0 saturated heterocycles. The second-order valence-corrected chi connectivity index (χ2v) is 11.2. The zero-order valence-corrected chi connectivity index (χ0v) is 21.8. The second-order valence-electron chi connectivity index (χ2n) is 8.60. The first-order chi connectivity index (χ1) is 16.1. The first-order valence-electron chi connectivity index (χ1n) is 10.3. The number of benzene rings is 2. The largest absolute Gasteiger partial charge is 0.458 e. The number of nitrogens with one attached hydrogen (secondary N) is 2. The van der Waals surface area contributed by atoms with E-state index < -0.39 is 60.9 Å². The number of carbonyl (C=O) groups is 2. The molecule has 0 aromatic heterocycles. The van der Waals surface area contributed by atoms with Gasteiger partial charge in [-0.2, -0.15) is 4.72 Å². The Hall–Kier alpha value is -2.90. The molecule has 2 aromatic rings. The Morgan fingerprint density at radius 2 is 1.83 bits per heavy atom. The molecule has 0 heterocycles. The van der Waals surface area contributed by atoms with Crippen molar-refractivity contribution in [2.45, 2.75) is 56.7 Å². The Balaban J connectivity index is 2.26. The van der Waals surface area contributed by atoms with Crippen molar-refractivity contribution in [3.05, 3.63) is 68.4 Å². The number of esters is 1. The fourth-order valence-electron chi connectivity index (χ4n) is 2.96. The summed E-state index contributed by atoms with van der Waals surface area (Å²) in [6, 6.07) is 6.09. The van der Waals surface area contributed by atoms with Crippen LogP contribution in [0.25, 0.3) is 0 Å². The highest BCUT2D eigenvalue weighted by Crippen LogP contribution is 2.23. The first-order valence-corrected chi connectivity index (χ1v) is 12.6. The van der Waals surface area contributed by atoms with Crippen molar-refractivity contribution in [3.63, 3.8) is 0 Å². The molecule has 0 unspecified atom stereocenters. The van der Waals surface area contributed by atoms with Crippen molar-refractivity contribution in [2.24, 2.45) is 0 Å². The second kappa shape index (κ2) is 11.2. The van der Waals surface area contributed by atoms with E-state index in [2.05, 4.69) is 26.0 Å². The van der Waals surface area contributed by atoms with Crippen LogP contribution in [0.2, 0.25) is 0 Å². The normalized spacial score (nSPS) is 13.5. The van der Waals surface area contributed by atoms with Gasteiger partial charge in [0.2, 0.25) is 15.9 Å². The monoisotopic (exact) mass is 573 g/mol. The average molecular weight is 574 g/mol. The Morgan fingerprint density at radius 3 is 2.40 bits per heavy atom. The summed E-state index contributed by atoms with van der Waals surface area (Å²) in [6.07, 6.45) is -0.261. The van der Waals surface area contributed by atoms with Gasteiger partial charge in [0.05, 0.1) is 11.0 Å². The topological polar surface area (TPSA) is 145 Å². The molecule has 0 saturated carbocycles. The number of sulfonamides is 1. The molecule has 2 rings (SSSR count). The molecule has 2 aromatic carbocycles. The third-order valence-electron chi connectivity index (χ3n) is 4.52. The number of hydrogen-bond donors (Lipinski definition) is 2. The van der Waals surface area contributed by atoms with Gasteiger partial charge in [-0.3, -0.25) is 14.9 Å². The summed E-state index contributed by atoms with van der Waals surface area (Å²) in [4.78, 5) is 35.3. The van der Waals surface area contributed by atoms with Crippen LogP contribution >= 0.6 is 15.9 Å². The zero-order valence-electron chi connectivity index (χ0n) is 19.4. The number of amides is 1. The van der Waals surface area contributed by atoms with E-state index in [0.29, 0.717) is 4.47 Å². The maximum absolute atomic E-state index is 14.4. The fraction of sp³-hybridized carbons (Fsp3) is 0.364. The van der Waals surface area contributed by atoms with E-state index in [0.717, 1.165) is 12.1 Å². The number of nitro benzene ring substituents is 1. The zero-order chi connectivity index (χ0) is 26.6. The van der Waals surface area contributed by atoms with Gasteiger partial charge in [0.1, 0.15) is 17.5 Å². The smallest absolute Gasteiger partial charge is 0.329 e. The molecule has 0 aliphatic heterocycles. The number of hydrogen-bond acceptors (Lipinski definition) is 7. The first kappa shape index (κ1) is 28.3. The van der Waals surface area contributed by atoms with Crippen LogP contribution in [0, 0.1) is 15.9 Å². The molecule has 0 spiro atoms. The van der Waals surface area contributed by atoms with E-state index in [9.17, 15) is 32.5 Å². The van der Waals surface area contributed by atoms with Crippen molar-refractivity contribution in [3.8, 4) is 0 Å². The summed E-state index contributed by atoms with van der Waals surface area (Å²) >= 11 is 3.14. The fourth-order valence-corrected chi connectivity index (χ4v) is 4.66. The van der Waals surface area contributed by atoms with Crippen LogP contribution in [0.3, 0.4) is 0 Å². The molecule has 13 heteroatoms. The lowest BCUT2D eigenvalue weighted by Gasteiger charge is -2.26. The van der Waals surface area contributed by atoms with Gasteiger partial charge in [-0.15, -0.1) is 0 Å². The third kappa shape index (κ3) is 8.08. The summed E-state index contributed by atoms with van der Waals surface area (Å²) in [5.74, 6) is -2.38. The number of ether oxygens (including phenoxy) is 1. The molecule has 0 aliphatic rings. The molecule has 2 atom stereocenters. The standard InChI is InChI=1S/C22H25BrFN3O7S/c1-13(26-35(32,33)19-8-6-5-7-18(19)27(30)31)20(28)25-17(21(29)34-22(2,3)4)11-14-9-10-15(23)12-16(14)24/h5-10,12-13,17,26H,11H2,1-4H3,(H,25,28)/t13-,17-/m0/s1. The molecule has 35 heavy (non-hydrogen) atoms. The third-order valence-corrected chi connectivity index (χ3v) is 6.60. The van der Waals surface area contributed by atoms with Crippen molar-refractivity contribution in [1.29, 1.82) is 0 Å². The molecular weight excluding hydrogens is 549 g/mol. The van der Waals surface area contributed by atoms with Crippen LogP contribution in [-0.4, -0.2) is 42.9 Å². The maximum Gasteiger partial charge on any atom is 0.329 e. The quantitative estimate of drug-likeness (QED) is 0.266. The lowest BCUT2D eigenvalue weighted by atomic mass is 10.0. The number of para-hydroxylation sites is 1. The van der Waals surface area contributed by atoms with Crippen LogP contribution in [0.15, 0.2) is 51.8 Å². The molecule has 10 nitrogen and oxygen atoms in total. The van der Waals surface area contributed by atoms with Gasteiger partial charge in [-0.25, -0.2) is 17.6 Å². The molecule has 1 amide bonds. The lowest BCUT2D eigenvalue weighted by molar-refractivity contribution is -0.387. The predicted octanol–water partition coefficient (Wildman–Crippen LogP) is 3.23. The van der Waals surface area contributed by atoms with Crippen molar-refractivity contribution in [1.82, 2.24) is 10.0 Å². The van der Waals surface area contributed by atoms with E-state index >= 15 is 0 Å². The van der Waals surface area contributed by atoms with Crippen LogP contribution in [0.5, 0.6) is 0 Å². The average Bonchev–Trinajstić information content (AvgIpc) is 2.73. The molecule has 0 aliphatic carbocycles. The van der Waals surface area contributed by atoms with Gasteiger partial charge in [-0.1, -0.05) is 34.1 Å². The Bertz CT molecular complexity index is 1230. The highest BCUT2D eigenvalue weighted by molar-refractivity contribution is 9.10. The van der Waals surface area contributed by atoms with Gasteiger partial charge in [0.25, 0.3) is 5.69 Å². The molecular formula is C22H25BrFN3O7S. The van der Waals surface area contributed by atoms with E-state index in [1.165, 1.54) is 31.2 Å². The van der Waals surface area contributed by atoms with Crippen molar-refractivity contribution in [2.75, 3.05) is 0 Å². The Labute approximate surface area is 210 Å². The minimum Gasteiger partial charge on any atom is -0.458 e. The van der Waals surface area contributed by atoms with E-state index in [-0.39, 0.29) is 12.0 Å². The lowest BCUT2D eigenvalue weighted by Crippen LogP contribution is -2.52. The maximum atomic E-state index is 14.4. The van der Waals surface area contributed by atoms with Crippen LogP contribution in [-0.2, 0) is 30.8 Å². The van der Waals surface area contributed by atoms with Crippen molar-refractivity contribution >= 4 is 43.5 Å². The highest BCUT2D eigenvalue weighted by Gasteiger charge is 2.32. The number of nitrogens with zero attached hydrogens (tertiary/aromatic N) is 1. The predicted molar refractivity (Wildman–Crippen MR) is 128 cm³/mol. The molecule has 2 N–H and O–H groups in total. The van der Waals surface area contributed by atoms with Gasteiger partial charge in [0, 0.05) is 17.0 Å². The van der Waals surface area contributed by atoms with Gasteiger partial charge < -0.3 is 10.1 Å². The number of nitro groups is 1. The number of halogens is 2. The Morgan fingerprint density at radius 1 is 1.20 bits per heavy atom. The van der Waals surface area contributed by atoms with Gasteiger partial charge in [0.15, 0.2) is 4.90 Å². The summed E-state index contributed by atoms with van der Waals surface area (Å²) < 4.78 is 47.7. The van der Waals surface area contributed by atoms with E-state index in [4.69, 9.17) is 4.74 Å². The van der Waals surface area contributed by atoms with Gasteiger partial charge in [-0.05, 0) is 51.5 Å². The SMILES string of the molecule is C[C@H](NS(=O)(=O)c1ccccc1[N+](=O)[O-])C(=O)N[C@@H](Cc1ccc(Br)cc1F)C(=O)OC(C)(C)C. The highest BCUT2D eigenvalue weighted by atomic mass is 79.9. The van der Waals surface area contributed by atoms with Crippen LogP contribution < -0.4 is 10.0 Å². The van der Waals surface area contributed by atoms with Crippen LogP contribution in [0.4, 0.5) is 10.1 Å². The Kier molecular flexibility index (Phi) is 9.09. The van der Waals surface area contributed by atoms with Crippen molar-refractivity contribution < 1.29 is 32.1 Å². The minimum atomic E-state index is -4.47. The minimum absolute atomic E-state index is 0.123. The van der Waals surface area contributed by atoms with Crippen LogP contribution in [0.1, 0.15) is 33.3 Å². The van der Waals surface area contributed by atoms with E-state index in [1.54, 1.807) is 26.8 Å². The van der Waals surface area contributed by atoms with E-state index in [1.807, 2.05) is 0 Å². The molecule has 0 bridgehead atoms.